The number of ether oxygens (including phenoxy) is 1. The molecule has 4 nitrogen and oxygen atoms in total. The summed E-state index contributed by atoms with van der Waals surface area (Å²) >= 11 is 1.39. The van der Waals surface area contributed by atoms with E-state index in [0.29, 0.717) is 4.88 Å². The molecule has 0 atom stereocenters. The molecule has 1 heterocycles. The van der Waals surface area contributed by atoms with E-state index in [1.807, 2.05) is 63.2 Å². The van der Waals surface area contributed by atoms with Gasteiger partial charge in [0.05, 0.1) is 0 Å². The van der Waals surface area contributed by atoms with Gasteiger partial charge >= 0.3 is 5.97 Å². The van der Waals surface area contributed by atoms with Gasteiger partial charge in [-0.1, -0.05) is 43.3 Å². The number of esters is 1. The number of hydrogen-bond donors (Lipinski definition) is 1. The van der Waals surface area contributed by atoms with Gasteiger partial charge in [-0.3, -0.25) is 4.79 Å². The number of anilines is 1. The highest BCUT2D eigenvalue weighted by Crippen LogP contribution is 2.31. The standard InChI is InChI=1S/C21H21NO3S/c1-4-15-9-7-8-13(2)19(15)22-18(23)12-25-21(24)20-14(3)16-10-5-6-11-17(16)26-20/h5-11H,4,12H2,1-3H3,(H,22,23). The predicted octanol–water partition coefficient (Wildman–Crippen LogP) is 4.88. The third-order valence-electron chi connectivity index (χ3n) is 4.37. The Hall–Kier alpha value is -2.66. The van der Waals surface area contributed by atoms with E-state index >= 15 is 0 Å². The fourth-order valence-electron chi connectivity index (χ4n) is 2.94. The third-order valence-corrected chi connectivity index (χ3v) is 5.62. The van der Waals surface area contributed by atoms with Crippen molar-refractivity contribution in [1.82, 2.24) is 0 Å². The van der Waals surface area contributed by atoms with Crippen molar-refractivity contribution in [1.29, 1.82) is 0 Å². The minimum Gasteiger partial charge on any atom is -0.451 e. The van der Waals surface area contributed by atoms with E-state index < -0.39 is 5.97 Å². The van der Waals surface area contributed by atoms with Crippen LogP contribution in [0.3, 0.4) is 0 Å². The van der Waals surface area contributed by atoms with Crippen molar-refractivity contribution in [2.45, 2.75) is 27.2 Å². The van der Waals surface area contributed by atoms with Gasteiger partial charge in [-0.25, -0.2) is 4.79 Å². The molecule has 3 aromatic rings. The van der Waals surface area contributed by atoms with Crippen LogP contribution in [-0.4, -0.2) is 18.5 Å². The Bertz CT molecular complexity index is 975. The average Bonchev–Trinajstić information content (AvgIpc) is 2.98. The van der Waals surface area contributed by atoms with Gasteiger partial charge in [-0.05, 0) is 48.4 Å². The Morgan fingerprint density at radius 3 is 2.58 bits per heavy atom. The molecular weight excluding hydrogens is 346 g/mol. The van der Waals surface area contributed by atoms with Crippen LogP contribution in [0.5, 0.6) is 0 Å². The van der Waals surface area contributed by atoms with Gasteiger partial charge in [0.25, 0.3) is 5.91 Å². The van der Waals surface area contributed by atoms with Crippen LogP contribution in [0.15, 0.2) is 42.5 Å². The molecule has 0 bridgehead atoms. The van der Waals surface area contributed by atoms with Crippen LogP contribution in [-0.2, 0) is 16.0 Å². The summed E-state index contributed by atoms with van der Waals surface area (Å²) in [6, 6.07) is 13.7. The maximum Gasteiger partial charge on any atom is 0.349 e. The van der Waals surface area contributed by atoms with Crippen LogP contribution < -0.4 is 5.32 Å². The van der Waals surface area contributed by atoms with Gasteiger partial charge in [0, 0.05) is 10.4 Å². The van der Waals surface area contributed by atoms with Crippen molar-refractivity contribution in [2.75, 3.05) is 11.9 Å². The highest BCUT2D eigenvalue weighted by atomic mass is 32.1. The number of benzene rings is 2. The zero-order valence-corrected chi connectivity index (χ0v) is 15.9. The Kier molecular flexibility index (Phi) is 5.38. The predicted molar refractivity (Wildman–Crippen MR) is 106 cm³/mol. The second-order valence-electron chi connectivity index (χ2n) is 6.14. The minimum absolute atomic E-state index is 0.302. The van der Waals surface area contributed by atoms with E-state index in [9.17, 15) is 9.59 Å². The normalized spacial score (nSPS) is 10.7. The van der Waals surface area contributed by atoms with Gasteiger partial charge in [0.1, 0.15) is 4.88 Å². The smallest absolute Gasteiger partial charge is 0.349 e. The van der Waals surface area contributed by atoms with Crippen LogP contribution in [0.2, 0.25) is 0 Å². The Morgan fingerprint density at radius 1 is 1.08 bits per heavy atom. The summed E-state index contributed by atoms with van der Waals surface area (Å²) in [4.78, 5) is 25.2. The first-order chi connectivity index (χ1) is 12.5. The number of hydrogen-bond acceptors (Lipinski definition) is 4. The molecule has 5 heteroatoms. The zero-order chi connectivity index (χ0) is 18.7. The summed E-state index contributed by atoms with van der Waals surface area (Å²) < 4.78 is 6.28. The second-order valence-corrected chi connectivity index (χ2v) is 7.19. The fourth-order valence-corrected chi connectivity index (χ4v) is 4.05. The molecule has 0 aliphatic rings. The van der Waals surface area contributed by atoms with Crippen LogP contribution in [0.1, 0.15) is 33.3 Å². The fraction of sp³-hybridized carbons (Fsp3) is 0.238. The zero-order valence-electron chi connectivity index (χ0n) is 15.1. The van der Waals surface area contributed by atoms with Crippen molar-refractivity contribution in [3.8, 4) is 0 Å². The summed E-state index contributed by atoms with van der Waals surface area (Å²) in [5, 5.41) is 3.91. The monoisotopic (exact) mass is 367 g/mol. The number of amides is 1. The van der Waals surface area contributed by atoms with Crippen LogP contribution in [0.25, 0.3) is 10.1 Å². The lowest BCUT2D eigenvalue weighted by Crippen LogP contribution is -2.22. The summed E-state index contributed by atoms with van der Waals surface area (Å²) in [6.45, 7) is 5.58. The molecule has 2 aromatic carbocycles. The lowest BCUT2D eigenvalue weighted by Gasteiger charge is -2.13. The number of aryl methyl sites for hydroxylation is 3. The maximum absolute atomic E-state index is 12.4. The molecule has 1 N–H and O–H groups in total. The minimum atomic E-state index is -0.459. The van der Waals surface area contributed by atoms with E-state index in [0.717, 1.165) is 38.9 Å². The van der Waals surface area contributed by atoms with Crippen molar-refractivity contribution < 1.29 is 14.3 Å². The number of thiophene rings is 1. The SMILES string of the molecule is CCc1cccc(C)c1NC(=O)COC(=O)c1sc2ccccc2c1C. The third kappa shape index (κ3) is 3.63. The Labute approximate surface area is 156 Å². The first-order valence-corrected chi connectivity index (χ1v) is 9.36. The Morgan fingerprint density at radius 2 is 1.85 bits per heavy atom. The van der Waals surface area contributed by atoms with Crippen LogP contribution >= 0.6 is 11.3 Å². The molecule has 0 aliphatic carbocycles. The molecule has 0 radical (unpaired) electrons. The Balaban J connectivity index is 1.68. The molecule has 0 spiro atoms. The molecule has 1 amide bonds. The number of rotatable bonds is 5. The summed E-state index contributed by atoms with van der Waals surface area (Å²) in [6.07, 6.45) is 0.818. The van der Waals surface area contributed by atoms with Crippen LogP contribution in [0.4, 0.5) is 5.69 Å². The van der Waals surface area contributed by atoms with Gasteiger partial charge in [-0.2, -0.15) is 0 Å². The number of carbonyl (C=O) groups is 2. The lowest BCUT2D eigenvalue weighted by atomic mass is 10.1. The van der Waals surface area contributed by atoms with Crippen LogP contribution in [0, 0.1) is 13.8 Å². The lowest BCUT2D eigenvalue weighted by molar-refractivity contribution is -0.119. The van der Waals surface area contributed by atoms with Crippen molar-refractivity contribution in [3.63, 3.8) is 0 Å². The van der Waals surface area contributed by atoms with Gasteiger partial charge in [0.2, 0.25) is 0 Å². The molecule has 0 aliphatic heterocycles. The summed E-state index contributed by atoms with van der Waals surface area (Å²) in [5.41, 5.74) is 3.74. The molecule has 1 aromatic heterocycles. The first kappa shape index (κ1) is 18.1. The molecule has 134 valence electrons. The first-order valence-electron chi connectivity index (χ1n) is 8.54. The van der Waals surface area contributed by atoms with E-state index in [1.165, 1.54) is 11.3 Å². The van der Waals surface area contributed by atoms with E-state index in [-0.39, 0.29) is 12.5 Å². The van der Waals surface area contributed by atoms with E-state index in [1.54, 1.807) is 0 Å². The molecule has 26 heavy (non-hydrogen) atoms. The average molecular weight is 367 g/mol. The molecule has 0 unspecified atom stereocenters. The molecule has 0 saturated heterocycles. The molecular formula is C21H21NO3S. The summed E-state index contributed by atoms with van der Waals surface area (Å²) in [7, 11) is 0. The van der Waals surface area contributed by atoms with E-state index in [4.69, 9.17) is 4.74 Å². The van der Waals surface area contributed by atoms with Crippen molar-refractivity contribution >= 4 is 39.0 Å². The van der Waals surface area contributed by atoms with Crippen molar-refractivity contribution in [2.24, 2.45) is 0 Å². The van der Waals surface area contributed by atoms with Gasteiger partial charge in [-0.15, -0.1) is 11.3 Å². The number of nitrogens with one attached hydrogen (secondary N) is 1. The number of fused-ring (bicyclic) bond motifs is 1. The molecule has 0 fully saturated rings. The number of carbonyl (C=O) groups excluding carboxylic acids is 2. The number of para-hydroxylation sites is 1. The topological polar surface area (TPSA) is 55.4 Å². The maximum atomic E-state index is 12.4. The highest BCUT2D eigenvalue weighted by Gasteiger charge is 2.18. The molecule has 0 saturated carbocycles. The van der Waals surface area contributed by atoms with Gasteiger partial charge < -0.3 is 10.1 Å². The summed E-state index contributed by atoms with van der Waals surface area (Å²) in [5.74, 6) is -0.791. The molecule has 3 rings (SSSR count). The van der Waals surface area contributed by atoms with Gasteiger partial charge in [0.15, 0.2) is 6.61 Å². The largest absolute Gasteiger partial charge is 0.451 e. The van der Waals surface area contributed by atoms with Crippen molar-refractivity contribution in [3.05, 3.63) is 64.0 Å². The second kappa shape index (κ2) is 7.70. The highest BCUT2D eigenvalue weighted by molar-refractivity contribution is 7.21. The van der Waals surface area contributed by atoms with E-state index in [2.05, 4.69) is 5.32 Å². The quantitative estimate of drug-likeness (QED) is 0.654.